The number of carbonyl (C=O) groups is 1. The van der Waals surface area contributed by atoms with Crippen LogP contribution in [-0.2, 0) is 6.18 Å². The van der Waals surface area contributed by atoms with Crippen molar-refractivity contribution in [2.45, 2.75) is 12.6 Å². The number of hydrogen-bond acceptors (Lipinski definition) is 3. The highest BCUT2D eigenvalue weighted by Crippen LogP contribution is 2.37. The predicted molar refractivity (Wildman–Crippen MR) is 77.7 cm³/mol. The highest BCUT2D eigenvalue weighted by atomic mass is 32.2. The number of allylic oxidation sites excluding steroid dienone is 2. The molecular weight excluding hydrogens is 305 g/mol. The molecule has 0 radical (unpaired) electrons. The predicted octanol–water partition coefficient (Wildman–Crippen LogP) is 5.11. The van der Waals surface area contributed by atoms with Crippen LogP contribution < -0.4 is 0 Å². The summed E-state index contributed by atoms with van der Waals surface area (Å²) in [5.41, 5.74) is 0.186. The van der Waals surface area contributed by atoms with E-state index in [-0.39, 0.29) is 11.3 Å². The Kier molecular flexibility index (Phi) is 4.65. The van der Waals surface area contributed by atoms with Crippen LogP contribution in [0, 0.1) is 0 Å². The van der Waals surface area contributed by atoms with Gasteiger partial charge in [0.05, 0.1) is 9.80 Å². The van der Waals surface area contributed by atoms with Gasteiger partial charge in [-0.1, -0.05) is 30.0 Å². The first-order valence-corrected chi connectivity index (χ1v) is 7.84. The maximum absolute atomic E-state index is 12.5. The fraction of sp³-hybridized carbons (Fsp3) is 0.214. The van der Waals surface area contributed by atoms with Crippen LogP contribution >= 0.6 is 23.5 Å². The summed E-state index contributed by atoms with van der Waals surface area (Å²) in [6.07, 6.45) is -0.110. The largest absolute Gasteiger partial charge is 0.416 e. The van der Waals surface area contributed by atoms with Crippen molar-refractivity contribution in [3.63, 3.8) is 0 Å². The lowest BCUT2D eigenvalue weighted by atomic mass is 10.0. The summed E-state index contributed by atoms with van der Waals surface area (Å²) in [7, 11) is 0. The molecule has 1 aromatic rings. The minimum atomic E-state index is -4.38. The molecule has 1 aliphatic rings. The van der Waals surface area contributed by atoms with Gasteiger partial charge in [0.1, 0.15) is 0 Å². The quantitative estimate of drug-likeness (QED) is 0.721. The Balaban J connectivity index is 2.28. The Morgan fingerprint density at radius 1 is 1.25 bits per heavy atom. The molecule has 0 saturated carbocycles. The molecule has 0 spiro atoms. The molecule has 0 amide bonds. The molecular formula is C14H11F3OS2. The number of alkyl halides is 3. The number of carbonyl (C=O) groups excluding carboxylic acids is 1. The molecule has 0 fully saturated rings. The van der Waals surface area contributed by atoms with E-state index in [9.17, 15) is 18.0 Å². The monoisotopic (exact) mass is 316 g/mol. The third kappa shape index (κ3) is 3.30. The van der Waals surface area contributed by atoms with Gasteiger partial charge in [-0.3, -0.25) is 4.79 Å². The second-order valence-corrected chi connectivity index (χ2v) is 6.06. The Morgan fingerprint density at radius 3 is 2.45 bits per heavy atom. The van der Waals surface area contributed by atoms with E-state index >= 15 is 0 Å². The molecule has 106 valence electrons. The maximum atomic E-state index is 12.5. The summed E-state index contributed by atoms with van der Waals surface area (Å²) >= 11 is 2.94. The molecule has 0 saturated heterocycles. The third-order valence-corrected chi connectivity index (χ3v) is 4.97. The van der Waals surface area contributed by atoms with E-state index < -0.39 is 11.7 Å². The van der Waals surface area contributed by atoms with Gasteiger partial charge in [0, 0.05) is 11.1 Å². The maximum Gasteiger partial charge on any atom is 0.416 e. The summed E-state index contributed by atoms with van der Waals surface area (Å²) in [4.78, 5) is 12.3. The zero-order chi connectivity index (χ0) is 14.8. The number of halogens is 3. The Morgan fingerprint density at radius 2 is 1.90 bits per heavy atom. The van der Waals surface area contributed by atoms with E-state index in [1.807, 2.05) is 17.7 Å². The molecule has 0 N–H and O–H groups in total. The SMILES string of the molecule is CSC1=C(C(=O)c2ccc(C(F)(F)F)cc2)CC=CS1. The first-order chi connectivity index (χ1) is 9.43. The zero-order valence-corrected chi connectivity index (χ0v) is 12.2. The number of Topliss-reactive ketones (excluding diaryl/α,β-unsaturated/α-hetero) is 1. The number of ketones is 1. The van der Waals surface area contributed by atoms with Crippen molar-refractivity contribution in [1.82, 2.24) is 0 Å². The van der Waals surface area contributed by atoms with E-state index in [0.717, 1.165) is 16.4 Å². The summed E-state index contributed by atoms with van der Waals surface area (Å²) in [6, 6.07) is 4.36. The van der Waals surface area contributed by atoms with E-state index in [1.165, 1.54) is 35.7 Å². The molecule has 6 heteroatoms. The van der Waals surface area contributed by atoms with Gasteiger partial charge in [-0.25, -0.2) is 0 Å². The van der Waals surface area contributed by atoms with Crippen LogP contribution in [0.2, 0.25) is 0 Å². The molecule has 2 rings (SSSR count). The van der Waals surface area contributed by atoms with Crippen LogP contribution in [0.25, 0.3) is 0 Å². The lowest BCUT2D eigenvalue weighted by molar-refractivity contribution is -0.137. The molecule has 0 unspecified atom stereocenters. The lowest BCUT2D eigenvalue weighted by Crippen LogP contribution is -2.08. The first kappa shape index (κ1) is 15.3. The number of thioether (sulfide) groups is 2. The van der Waals surface area contributed by atoms with Gasteiger partial charge < -0.3 is 0 Å². The van der Waals surface area contributed by atoms with Gasteiger partial charge in [-0.05, 0) is 30.2 Å². The molecule has 0 bridgehead atoms. The normalized spacial score (nSPS) is 15.6. The second-order valence-electron chi connectivity index (χ2n) is 4.07. The van der Waals surface area contributed by atoms with Gasteiger partial charge in [0.2, 0.25) is 0 Å². The van der Waals surface area contributed by atoms with Crippen molar-refractivity contribution in [3.05, 3.63) is 56.7 Å². The average Bonchev–Trinajstić information content (AvgIpc) is 2.45. The highest BCUT2D eigenvalue weighted by Gasteiger charge is 2.30. The molecule has 1 aromatic carbocycles. The first-order valence-electron chi connectivity index (χ1n) is 5.74. The summed E-state index contributed by atoms with van der Waals surface area (Å²) < 4.78 is 38.3. The van der Waals surface area contributed by atoms with E-state index in [1.54, 1.807) is 0 Å². The number of hydrogen-bond donors (Lipinski definition) is 0. The zero-order valence-electron chi connectivity index (χ0n) is 10.5. The average molecular weight is 316 g/mol. The van der Waals surface area contributed by atoms with Crippen LogP contribution in [0.4, 0.5) is 13.2 Å². The van der Waals surface area contributed by atoms with Crippen LogP contribution in [0.5, 0.6) is 0 Å². The van der Waals surface area contributed by atoms with Gasteiger partial charge in [-0.2, -0.15) is 13.2 Å². The van der Waals surface area contributed by atoms with Crippen molar-refractivity contribution in [1.29, 1.82) is 0 Å². The molecule has 0 aliphatic carbocycles. The third-order valence-electron chi connectivity index (χ3n) is 2.77. The fourth-order valence-corrected chi connectivity index (χ4v) is 3.38. The molecule has 1 heterocycles. The van der Waals surface area contributed by atoms with E-state index in [4.69, 9.17) is 0 Å². The van der Waals surface area contributed by atoms with Crippen LogP contribution in [-0.4, -0.2) is 12.0 Å². The minimum absolute atomic E-state index is 0.208. The molecule has 0 atom stereocenters. The van der Waals surface area contributed by atoms with Crippen molar-refractivity contribution in [2.24, 2.45) is 0 Å². The Bertz CT molecular complexity index is 571. The molecule has 1 aliphatic heterocycles. The molecule has 20 heavy (non-hydrogen) atoms. The topological polar surface area (TPSA) is 17.1 Å². The van der Waals surface area contributed by atoms with Gasteiger partial charge in [-0.15, -0.1) is 11.8 Å². The lowest BCUT2D eigenvalue weighted by Gasteiger charge is -2.13. The van der Waals surface area contributed by atoms with E-state index in [0.29, 0.717) is 12.0 Å². The Labute approximate surface area is 123 Å². The Hall–Kier alpha value is -1.14. The number of rotatable bonds is 3. The van der Waals surface area contributed by atoms with Crippen molar-refractivity contribution in [2.75, 3.05) is 6.26 Å². The van der Waals surface area contributed by atoms with Crippen molar-refractivity contribution < 1.29 is 18.0 Å². The van der Waals surface area contributed by atoms with Crippen LogP contribution in [0.3, 0.4) is 0 Å². The van der Waals surface area contributed by atoms with Crippen molar-refractivity contribution in [3.8, 4) is 0 Å². The van der Waals surface area contributed by atoms with Gasteiger partial charge in [0.15, 0.2) is 5.78 Å². The number of benzene rings is 1. The van der Waals surface area contributed by atoms with Crippen LogP contribution in [0.1, 0.15) is 22.3 Å². The summed E-state index contributed by atoms with van der Waals surface area (Å²) in [5, 5.41) is 1.91. The van der Waals surface area contributed by atoms with Gasteiger partial charge in [0.25, 0.3) is 0 Å². The van der Waals surface area contributed by atoms with E-state index in [2.05, 4.69) is 0 Å². The summed E-state index contributed by atoms with van der Waals surface area (Å²) in [5.74, 6) is -0.208. The minimum Gasteiger partial charge on any atom is -0.289 e. The van der Waals surface area contributed by atoms with Crippen molar-refractivity contribution >= 4 is 29.3 Å². The fourth-order valence-electron chi connectivity index (χ4n) is 1.77. The molecule has 0 aromatic heterocycles. The summed E-state index contributed by atoms with van der Waals surface area (Å²) in [6.45, 7) is 0. The highest BCUT2D eigenvalue weighted by molar-refractivity contribution is 8.23. The second kappa shape index (κ2) is 6.10. The standard InChI is InChI=1S/C14H11F3OS2/c1-19-13-11(3-2-8-20-13)12(18)9-4-6-10(7-5-9)14(15,16)17/h2,4-8H,3H2,1H3. The smallest absolute Gasteiger partial charge is 0.289 e. The van der Waals surface area contributed by atoms with Crippen LogP contribution in [0.15, 0.2) is 45.6 Å². The molecule has 1 nitrogen and oxygen atoms in total. The van der Waals surface area contributed by atoms with Gasteiger partial charge >= 0.3 is 6.18 Å².